The van der Waals surface area contributed by atoms with Gasteiger partial charge >= 0.3 is 5.97 Å². The molecular weight excluding hydrogens is 320 g/mol. The summed E-state index contributed by atoms with van der Waals surface area (Å²) in [5.74, 6) is -1.64. The summed E-state index contributed by atoms with van der Waals surface area (Å²) < 4.78 is 5.19. The Bertz CT molecular complexity index is 593. The van der Waals surface area contributed by atoms with Crippen LogP contribution in [0.4, 0.5) is 0 Å². The first-order valence-electron chi connectivity index (χ1n) is 8.36. The number of hydrogen-bond acceptors (Lipinski definition) is 4. The predicted octanol–water partition coefficient (Wildman–Crippen LogP) is 2.03. The standard InChI is InChI=1S/C19H28N2O4/c1-13(11-15(22)25-12-14-9-7-6-8-10-14)17(23)21-16(18(24)20-5)19(2,3)4/h6-10,13,16H,11-12H2,1-5H3,(H,20,24)(H,21,23)/t13-,16-/m1/s1. The maximum absolute atomic E-state index is 12.3. The molecule has 0 aliphatic rings. The number of nitrogens with one attached hydrogen (secondary N) is 2. The van der Waals surface area contributed by atoms with Crippen LogP contribution in [0.25, 0.3) is 0 Å². The van der Waals surface area contributed by atoms with Crippen molar-refractivity contribution in [2.75, 3.05) is 7.05 Å². The fourth-order valence-electron chi connectivity index (χ4n) is 2.24. The number of hydrogen-bond donors (Lipinski definition) is 2. The smallest absolute Gasteiger partial charge is 0.306 e. The summed E-state index contributed by atoms with van der Waals surface area (Å²) in [4.78, 5) is 36.2. The molecule has 2 amide bonds. The average Bonchev–Trinajstić information content (AvgIpc) is 2.56. The van der Waals surface area contributed by atoms with Crippen LogP contribution in [0.5, 0.6) is 0 Å². The Morgan fingerprint density at radius 3 is 2.20 bits per heavy atom. The zero-order chi connectivity index (χ0) is 19.0. The summed E-state index contributed by atoms with van der Waals surface area (Å²) in [7, 11) is 1.53. The van der Waals surface area contributed by atoms with Gasteiger partial charge in [-0.05, 0) is 11.0 Å². The van der Waals surface area contributed by atoms with E-state index in [4.69, 9.17) is 4.74 Å². The van der Waals surface area contributed by atoms with Gasteiger partial charge in [-0.2, -0.15) is 0 Å². The van der Waals surface area contributed by atoms with Gasteiger partial charge in [0.15, 0.2) is 0 Å². The van der Waals surface area contributed by atoms with Crippen LogP contribution in [0.1, 0.15) is 39.7 Å². The lowest BCUT2D eigenvalue weighted by Gasteiger charge is -2.30. The first-order chi connectivity index (χ1) is 11.6. The van der Waals surface area contributed by atoms with Gasteiger partial charge in [0.25, 0.3) is 0 Å². The van der Waals surface area contributed by atoms with Crippen LogP contribution in [-0.4, -0.2) is 30.9 Å². The minimum atomic E-state index is -0.673. The van der Waals surface area contributed by atoms with Crippen LogP contribution in [-0.2, 0) is 25.7 Å². The summed E-state index contributed by atoms with van der Waals surface area (Å²) in [6.07, 6.45) is -0.0384. The minimum Gasteiger partial charge on any atom is -0.461 e. The Morgan fingerprint density at radius 2 is 1.68 bits per heavy atom. The molecule has 138 valence electrons. The second-order valence-electron chi connectivity index (χ2n) is 7.17. The summed E-state index contributed by atoms with van der Waals surface area (Å²) in [5, 5.41) is 5.28. The molecular formula is C19H28N2O4. The van der Waals surface area contributed by atoms with E-state index in [2.05, 4.69) is 10.6 Å². The highest BCUT2D eigenvalue weighted by Crippen LogP contribution is 2.20. The quantitative estimate of drug-likeness (QED) is 0.739. The third-order valence-electron chi connectivity index (χ3n) is 3.82. The zero-order valence-corrected chi connectivity index (χ0v) is 15.6. The molecule has 6 heteroatoms. The van der Waals surface area contributed by atoms with Crippen LogP contribution in [0.2, 0.25) is 0 Å². The van der Waals surface area contributed by atoms with Gasteiger partial charge in [0.1, 0.15) is 12.6 Å². The number of esters is 1. The van der Waals surface area contributed by atoms with Gasteiger partial charge in [-0.15, -0.1) is 0 Å². The molecule has 0 spiro atoms. The Balaban J connectivity index is 2.54. The molecule has 0 saturated carbocycles. The van der Waals surface area contributed by atoms with Gasteiger partial charge in [0.2, 0.25) is 11.8 Å². The molecule has 2 atom stereocenters. The predicted molar refractivity (Wildman–Crippen MR) is 95.5 cm³/mol. The molecule has 0 fully saturated rings. The maximum Gasteiger partial charge on any atom is 0.306 e. The molecule has 25 heavy (non-hydrogen) atoms. The molecule has 0 unspecified atom stereocenters. The molecule has 1 aromatic rings. The molecule has 6 nitrogen and oxygen atoms in total. The lowest BCUT2D eigenvalue weighted by molar-refractivity contribution is -0.148. The fraction of sp³-hybridized carbons (Fsp3) is 0.526. The number of benzene rings is 1. The fourth-order valence-corrected chi connectivity index (χ4v) is 2.24. The highest BCUT2D eigenvalue weighted by atomic mass is 16.5. The summed E-state index contributed by atoms with van der Waals surface area (Å²) >= 11 is 0. The van der Waals surface area contributed by atoms with E-state index in [0.29, 0.717) is 0 Å². The topological polar surface area (TPSA) is 84.5 Å². The van der Waals surface area contributed by atoms with Crippen molar-refractivity contribution in [2.24, 2.45) is 11.3 Å². The van der Waals surface area contributed by atoms with Crippen LogP contribution in [0.15, 0.2) is 30.3 Å². The normalized spacial score (nSPS) is 13.5. The van der Waals surface area contributed by atoms with Crippen LogP contribution in [0, 0.1) is 11.3 Å². The largest absolute Gasteiger partial charge is 0.461 e. The van der Waals surface area contributed by atoms with Crippen molar-refractivity contribution in [3.8, 4) is 0 Å². The van der Waals surface area contributed by atoms with Crippen molar-refractivity contribution in [1.82, 2.24) is 10.6 Å². The molecule has 2 N–H and O–H groups in total. The van der Waals surface area contributed by atoms with E-state index in [-0.39, 0.29) is 24.8 Å². The summed E-state index contributed by atoms with van der Waals surface area (Å²) in [6.45, 7) is 7.42. The third-order valence-corrected chi connectivity index (χ3v) is 3.82. The Morgan fingerprint density at radius 1 is 1.08 bits per heavy atom. The zero-order valence-electron chi connectivity index (χ0n) is 15.6. The van der Waals surface area contributed by atoms with E-state index in [1.165, 1.54) is 7.05 Å². The molecule has 0 heterocycles. The lowest BCUT2D eigenvalue weighted by atomic mass is 9.85. The van der Waals surface area contributed by atoms with Crippen LogP contribution < -0.4 is 10.6 Å². The van der Waals surface area contributed by atoms with Crippen molar-refractivity contribution in [2.45, 2.75) is 46.8 Å². The lowest BCUT2D eigenvalue weighted by Crippen LogP contribution is -2.54. The van der Waals surface area contributed by atoms with Crippen molar-refractivity contribution in [3.63, 3.8) is 0 Å². The number of amides is 2. The monoisotopic (exact) mass is 348 g/mol. The van der Waals surface area contributed by atoms with Gasteiger partial charge in [-0.1, -0.05) is 58.0 Å². The van der Waals surface area contributed by atoms with E-state index in [0.717, 1.165) is 5.56 Å². The van der Waals surface area contributed by atoms with Gasteiger partial charge in [0.05, 0.1) is 6.42 Å². The average molecular weight is 348 g/mol. The maximum atomic E-state index is 12.3. The highest BCUT2D eigenvalue weighted by Gasteiger charge is 2.33. The first kappa shape index (κ1) is 20.7. The van der Waals surface area contributed by atoms with Crippen LogP contribution in [0.3, 0.4) is 0 Å². The number of likely N-dealkylation sites (N-methyl/N-ethyl adjacent to an activating group) is 1. The van der Waals surface area contributed by atoms with E-state index < -0.39 is 23.3 Å². The molecule has 0 bridgehead atoms. The van der Waals surface area contributed by atoms with Gasteiger partial charge < -0.3 is 15.4 Å². The van der Waals surface area contributed by atoms with E-state index >= 15 is 0 Å². The molecule has 0 aliphatic heterocycles. The number of ether oxygens (including phenoxy) is 1. The number of rotatable bonds is 7. The van der Waals surface area contributed by atoms with Gasteiger partial charge in [-0.25, -0.2) is 0 Å². The van der Waals surface area contributed by atoms with Crippen molar-refractivity contribution in [1.29, 1.82) is 0 Å². The molecule has 0 saturated heterocycles. The van der Waals surface area contributed by atoms with E-state index in [1.807, 2.05) is 51.1 Å². The molecule has 1 aromatic carbocycles. The van der Waals surface area contributed by atoms with Crippen LogP contribution >= 0.6 is 0 Å². The van der Waals surface area contributed by atoms with Crippen molar-refractivity contribution < 1.29 is 19.1 Å². The SMILES string of the molecule is CNC(=O)[C@@H](NC(=O)[C@H](C)CC(=O)OCc1ccccc1)C(C)(C)C. The molecule has 0 aromatic heterocycles. The van der Waals surface area contributed by atoms with Crippen molar-refractivity contribution in [3.05, 3.63) is 35.9 Å². The molecule has 1 rings (SSSR count). The third kappa shape index (κ3) is 6.95. The van der Waals surface area contributed by atoms with Gasteiger partial charge in [-0.3, -0.25) is 14.4 Å². The molecule has 0 radical (unpaired) electrons. The summed E-state index contributed by atoms with van der Waals surface area (Å²) in [5.41, 5.74) is 0.448. The van der Waals surface area contributed by atoms with E-state index in [1.54, 1.807) is 6.92 Å². The van der Waals surface area contributed by atoms with Gasteiger partial charge in [0, 0.05) is 13.0 Å². The Labute approximate surface area is 149 Å². The summed E-state index contributed by atoms with van der Waals surface area (Å²) in [6, 6.07) is 8.67. The second kappa shape index (κ2) is 9.20. The molecule has 0 aliphatic carbocycles. The Hall–Kier alpha value is -2.37. The highest BCUT2D eigenvalue weighted by molar-refractivity contribution is 5.90. The number of carbonyl (C=O) groups excluding carboxylic acids is 3. The van der Waals surface area contributed by atoms with E-state index in [9.17, 15) is 14.4 Å². The second-order valence-corrected chi connectivity index (χ2v) is 7.17. The van der Waals surface area contributed by atoms with Crippen molar-refractivity contribution >= 4 is 17.8 Å². The Kier molecular flexibility index (Phi) is 7.61. The number of carbonyl (C=O) groups is 3. The first-order valence-corrected chi connectivity index (χ1v) is 8.36. The minimum absolute atomic E-state index is 0.0384.